The zero-order valence-electron chi connectivity index (χ0n) is 12.6. The molecule has 1 saturated carbocycles. The SMILES string of the molecule is O=C(C=Cc1ccccc1)N1CCNCC12CCCCC2. The largest absolute Gasteiger partial charge is 0.331 e. The van der Waals surface area contributed by atoms with Gasteiger partial charge in [-0.15, -0.1) is 0 Å². The molecule has 1 aromatic carbocycles. The maximum absolute atomic E-state index is 12.7. The Morgan fingerprint density at radius 2 is 1.90 bits per heavy atom. The highest BCUT2D eigenvalue weighted by Crippen LogP contribution is 2.34. The first-order valence-electron chi connectivity index (χ1n) is 8.06. The van der Waals surface area contributed by atoms with Gasteiger partial charge >= 0.3 is 0 Å². The van der Waals surface area contributed by atoms with Crippen LogP contribution in [0.25, 0.3) is 6.08 Å². The van der Waals surface area contributed by atoms with E-state index >= 15 is 0 Å². The molecule has 1 saturated heterocycles. The van der Waals surface area contributed by atoms with Crippen LogP contribution in [0.1, 0.15) is 37.7 Å². The van der Waals surface area contributed by atoms with Gasteiger partial charge < -0.3 is 10.2 Å². The molecular formula is C18H24N2O. The summed E-state index contributed by atoms with van der Waals surface area (Å²) in [5.41, 5.74) is 1.15. The highest BCUT2D eigenvalue weighted by atomic mass is 16.2. The highest BCUT2D eigenvalue weighted by molar-refractivity contribution is 5.92. The molecule has 2 aliphatic rings. The third-order valence-electron chi connectivity index (χ3n) is 4.81. The lowest BCUT2D eigenvalue weighted by Gasteiger charge is -2.49. The van der Waals surface area contributed by atoms with Crippen molar-refractivity contribution in [3.63, 3.8) is 0 Å². The molecule has 1 spiro atoms. The molecule has 0 aromatic heterocycles. The van der Waals surface area contributed by atoms with Crippen molar-refractivity contribution >= 4 is 12.0 Å². The summed E-state index contributed by atoms with van der Waals surface area (Å²) in [5.74, 6) is 0.169. The van der Waals surface area contributed by atoms with Crippen molar-refractivity contribution < 1.29 is 4.79 Å². The molecule has 0 radical (unpaired) electrons. The number of amides is 1. The van der Waals surface area contributed by atoms with Crippen LogP contribution in [0.4, 0.5) is 0 Å². The monoisotopic (exact) mass is 284 g/mol. The van der Waals surface area contributed by atoms with E-state index in [-0.39, 0.29) is 11.4 Å². The van der Waals surface area contributed by atoms with E-state index < -0.39 is 0 Å². The maximum Gasteiger partial charge on any atom is 0.247 e. The minimum absolute atomic E-state index is 0.0641. The van der Waals surface area contributed by atoms with Crippen molar-refractivity contribution in [3.05, 3.63) is 42.0 Å². The van der Waals surface area contributed by atoms with Gasteiger partial charge in [0, 0.05) is 25.7 Å². The fourth-order valence-corrected chi connectivity index (χ4v) is 3.67. The lowest BCUT2D eigenvalue weighted by molar-refractivity contribution is -0.135. The normalized spacial score (nSPS) is 21.8. The maximum atomic E-state index is 12.7. The van der Waals surface area contributed by atoms with Crippen molar-refractivity contribution in [1.82, 2.24) is 10.2 Å². The molecule has 1 N–H and O–H groups in total. The van der Waals surface area contributed by atoms with Crippen molar-refractivity contribution in [2.24, 2.45) is 0 Å². The van der Waals surface area contributed by atoms with Crippen LogP contribution in [-0.2, 0) is 4.79 Å². The molecule has 1 aliphatic carbocycles. The Bertz CT molecular complexity index is 495. The number of benzene rings is 1. The van der Waals surface area contributed by atoms with Gasteiger partial charge in [-0.05, 0) is 24.5 Å². The van der Waals surface area contributed by atoms with Crippen LogP contribution in [0.2, 0.25) is 0 Å². The Kier molecular flexibility index (Phi) is 4.39. The van der Waals surface area contributed by atoms with Gasteiger partial charge in [0.05, 0.1) is 5.54 Å². The first kappa shape index (κ1) is 14.3. The zero-order chi connectivity index (χ0) is 14.5. The molecule has 112 valence electrons. The van der Waals surface area contributed by atoms with Gasteiger partial charge in [0.2, 0.25) is 5.91 Å². The lowest BCUT2D eigenvalue weighted by atomic mass is 9.79. The smallest absolute Gasteiger partial charge is 0.247 e. The predicted molar refractivity (Wildman–Crippen MR) is 85.9 cm³/mol. The number of nitrogens with zero attached hydrogens (tertiary/aromatic N) is 1. The van der Waals surface area contributed by atoms with Crippen LogP contribution < -0.4 is 5.32 Å². The third kappa shape index (κ3) is 3.18. The van der Waals surface area contributed by atoms with Gasteiger partial charge in [-0.25, -0.2) is 0 Å². The summed E-state index contributed by atoms with van der Waals surface area (Å²) in [6.45, 7) is 2.70. The summed E-state index contributed by atoms with van der Waals surface area (Å²) in [6, 6.07) is 10.0. The van der Waals surface area contributed by atoms with Gasteiger partial charge in [-0.2, -0.15) is 0 Å². The molecule has 1 aromatic rings. The van der Waals surface area contributed by atoms with Crippen molar-refractivity contribution in [2.45, 2.75) is 37.6 Å². The summed E-state index contributed by atoms with van der Waals surface area (Å²) >= 11 is 0. The van der Waals surface area contributed by atoms with Crippen LogP contribution in [0.5, 0.6) is 0 Å². The molecule has 0 bridgehead atoms. The third-order valence-corrected chi connectivity index (χ3v) is 4.81. The second kappa shape index (κ2) is 6.44. The predicted octanol–water partition coefficient (Wildman–Crippen LogP) is 2.83. The molecule has 0 atom stereocenters. The lowest BCUT2D eigenvalue weighted by Crippen LogP contribution is -2.63. The van der Waals surface area contributed by atoms with Gasteiger partial charge in [-0.3, -0.25) is 4.79 Å². The molecule has 3 heteroatoms. The zero-order valence-corrected chi connectivity index (χ0v) is 12.6. The van der Waals surface area contributed by atoms with Crippen molar-refractivity contribution in [1.29, 1.82) is 0 Å². The minimum atomic E-state index is 0.0641. The van der Waals surface area contributed by atoms with Gasteiger partial charge in [0.25, 0.3) is 0 Å². The van der Waals surface area contributed by atoms with Gasteiger partial charge in [-0.1, -0.05) is 49.6 Å². The molecule has 1 amide bonds. The highest BCUT2D eigenvalue weighted by Gasteiger charge is 2.41. The molecule has 3 nitrogen and oxygen atoms in total. The fourth-order valence-electron chi connectivity index (χ4n) is 3.67. The number of hydrogen-bond donors (Lipinski definition) is 1. The second-order valence-electron chi connectivity index (χ2n) is 6.20. The van der Waals surface area contributed by atoms with Crippen molar-refractivity contribution in [2.75, 3.05) is 19.6 Å². The van der Waals surface area contributed by atoms with Crippen LogP contribution in [0.3, 0.4) is 0 Å². The Morgan fingerprint density at radius 3 is 2.67 bits per heavy atom. The first-order chi connectivity index (χ1) is 10.3. The Hall–Kier alpha value is -1.61. The number of hydrogen-bond acceptors (Lipinski definition) is 2. The minimum Gasteiger partial charge on any atom is -0.331 e. The molecule has 0 unspecified atom stereocenters. The van der Waals surface area contributed by atoms with Crippen molar-refractivity contribution in [3.8, 4) is 0 Å². The standard InChI is InChI=1S/C18H24N2O/c21-17(10-9-16-7-3-1-4-8-16)20-14-13-19-15-18(20)11-5-2-6-12-18/h1,3-4,7-10,19H,2,5-6,11-15H2. The van der Waals surface area contributed by atoms with E-state index in [1.165, 1.54) is 19.3 Å². The Labute approximate surface area is 127 Å². The molecule has 1 heterocycles. The number of nitrogens with one attached hydrogen (secondary N) is 1. The summed E-state index contributed by atoms with van der Waals surface area (Å²) in [7, 11) is 0. The van der Waals surface area contributed by atoms with Gasteiger partial charge in [0.1, 0.15) is 0 Å². The number of carbonyl (C=O) groups excluding carboxylic acids is 1. The summed E-state index contributed by atoms with van der Waals surface area (Å²) < 4.78 is 0. The fraction of sp³-hybridized carbons (Fsp3) is 0.500. The molecule has 1 aliphatic heterocycles. The van der Waals surface area contributed by atoms with Crippen LogP contribution in [-0.4, -0.2) is 36.0 Å². The van der Waals surface area contributed by atoms with Crippen LogP contribution in [0, 0.1) is 0 Å². The van der Waals surface area contributed by atoms with E-state index in [1.807, 2.05) is 36.4 Å². The Balaban J connectivity index is 1.74. The average Bonchev–Trinajstić information content (AvgIpc) is 2.55. The van der Waals surface area contributed by atoms with E-state index in [1.54, 1.807) is 6.08 Å². The number of piperazine rings is 1. The van der Waals surface area contributed by atoms with Gasteiger partial charge in [0.15, 0.2) is 0 Å². The number of carbonyl (C=O) groups is 1. The molecule has 2 fully saturated rings. The molecule has 3 rings (SSSR count). The van der Waals surface area contributed by atoms with E-state index in [0.717, 1.165) is 38.0 Å². The quantitative estimate of drug-likeness (QED) is 0.847. The second-order valence-corrected chi connectivity index (χ2v) is 6.20. The first-order valence-corrected chi connectivity index (χ1v) is 8.06. The topological polar surface area (TPSA) is 32.3 Å². The molecular weight excluding hydrogens is 260 g/mol. The van der Waals surface area contributed by atoms with E-state index in [0.29, 0.717) is 0 Å². The summed E-state index contributed by atoms with van der Waals surface area (Å²) in [6.07, 6.45) is 9.76. The Morgan fingerprint density at radius 1 is 1.14 bits per heavy atom. The van der Waals surface area contributed by atoms with Crippen LogP contribution >= 0.6 is 0 Å². The number of rotatable bonds is 2. The van der Waals surface area contributed by atoms with E-state index in [9.17, 15) is 4.79 Å². The summed E-state index contributed by atoms with van der Waals surface area (Å²) in [4.78, 5) is 14.8. The van der Waals surface area contributed by atoms with Crippen LogP contribution in [0.15, 0.2) is 36.4 Å². The average molecular weight is 284 g/mol. The van der Waals surface area contributed by atoms with E-state index in [2.05, 4.69) is 10.2 Å². The summed E-state index contributed by atoms with van der Waals surface area (Å²) in [5, 5.41) is 3.49. The molecule has 21 heavy (non-hydrogen) atoms. The van der Waals surface area contributed by atoms with E-state index in [4.69, 9.17) is 0 Å².